The number of benzene rings is 1. The van der Waals surface area contributed by atoms with E-state index in [1.165, 1.54) is 0 Å². The first-order valence-corrected chi connectivity index (χ1v) is 3.63. The summed E-state index contributed by atoms with van der Waals surface area (Å²) in [6, 6.07) is 1.17. The SMILES string of the molecule is Nc1c(C=O)cc(F)cc1OC(F)(F)F. The van der Waals surface area contributed by atoms with E-state index in [-0.39, 0.29) is 6.29 Å². The van der Waals surface area contributed by atoms with Crippen LogP contribution in [0.4, 0.5) is 23.2 Å². The fourth-order valence-electron chi connectivity index (χ4n) is 0.920. The highest BCUT2D eigenvalue weighted by Crippen LogP contribution is 2.31. The van der Waals surface area contributed by atoms with Crippen LogP contribution in [0.5, 0.6) is 5.75 Å². The first kappa shape index (κ1) is 11.3. The summed E-state index contributed by atoms with van der Waals surface area (Å²) in [5.74, 6) is -1.96. The Morgan fingerprint density at radius 1 is 1.33 bits per heavy atom. The van der Waals surface area contributed by atoms with Crippen LogP contribution in [-0.2, 0) is 0 Å². The molecule has 15 heavy (non-hydrogen) atoms. The molecule has 0 aliphatic rings. The smallest absolute Gasteiger partial charge is 0.403 e. The van der Waals surface area contributed by atoms with E-state index < -0.39 is 29.2 Å². The predicted molar refractivity (Wildman–Crippen MR) is 42.9 cm³/mol. The molecular weight excluding hydrogens is 218 g/mol. The van der Waals surface area contributed by atoms with Crippen LogP contribution in [0.15, 0.2) is 12.1 Å². The van der Waals surface area contributed by atoms with Crippen LogP contribution in [-0.4, -0.2) is 12.6 Å². The van der Waals surface area contributed by atoms with Gasteiger partial charge in [0, 0.05) is 11.6 Å². The third kappa shape index (κ3) is 2.83. The Morgan fingerprint density at radius 3 is 2.40 bits per heavy atom. The van der Waals surface area contributed by atoms with Crippen molar-refractivity contribution in [2.75, 3.05) is 5.73 Å². The summed E-state index contributed by atoms with van der Waals surface area (Å²) in [5, 5.41) is 0. The van der Waals surface area contributed by atoms with Gasteiger partial charge in [-0.3, -0.25) is 4.79 Å². The van der Waals surface area contributed by atoms with Crippen LogP contribution in [0.2, 0.25) is 0 Å². The van der Waals surface area contributed by atoms with Crippen LogP contribution in [0.3, 0.4) is 0 Å². The summed E-state index contributed by atoms with van der Waals surface area (Å²) in [6.07, 6.45) is -4.84. The van der Waals surface area contributed by atoms with E-state index in [0.29, 0.717) is 12.1 Å². The van der Waals surface area contributed by atoms with Gasteiger partial charge in [-0.25, -0.2) is 4.39 Å². The van der Waals surface area contributed by atoms with Gasteiger partial charge in [-0.05, 0) is 6.07 Å². The summed E-state index contributed by atoms with van der Waals surface area (Å²) >= 11 is 0. The Kier molecular flexibility index (Phi) is 2.83. The molecule has 0 radical (unpaired) electrons. The summed E-state index contributed by atoms with van der Waals surface area (Å²) in [7, 11) is 0. The van der Waals surface area contributed by atoms with E-state index in [0.717, 1.165) is 0 Å². The number of anilines is 1. The summed E-state index contributed by atoms with van der Waals surface area (Å²) < 4.78 is 51.5. The van der Waals surface area contributed by atoms with Crippen molar-refractivity contribution >= 4 is 12.0 Å². The van der Waals surface area contributed by atoms with Gasteiger partial charge in [0.25, 0.3) is 0 Å². The second-order valence-electron chi connectivity index (χ2n) is 2.57. The van der Waals surface area contributed by atoms with E-state index in [9.17, 15) is 22.4 Å². The molecule has 1 aromatic carbocycles. The summed E-state index contributed by atoms with van der Waals surface area (Å²) in [6.45, 7) is 0. The van der Waals surface area contributed by atoms with Gasteiger partial charge in [-0.15, -0.1) is 13.2 Å². The van der Waals surface area contributed by atoms with Gasteiger partial charge >= 0.3 is 6.36 Å². The van der Waals surface area contributed by atoms with E-state index in [1.54, 1.807) is 0 Å². The Labute approximate surface area is 81.4 Å². The predicted octanol–water partition coefficient (Wildman–Crippen LogP) is 2.12. The number of carbonyl (C=O) groups is 1. The maximum Gasteiger partial charge on any atom is 0.573 e. The number of aldehydes is 1. The van der Waals surface area contributed by atoms with Crippen LogP contribution in [0.25, 0.3) is 0 Å². The summed E-state index contributed by atoms with van der Waals surface area (Å²) in [4.78, 5) is 10.3. The van der Waals surface area contributed by atoms with Crippen molar-refractivity contribution in [1.29, 1.82) is 0 Å². The summed E-state index contributed by atoms with van der Waals surface area (Å²) in [5.41, 5.74) is 4.20. The zero-order valence-electron chi connectivity index (χ0n) is 7.14. The second kappa shape index (κ2) is 3.76. The first-order chi connectivity index (χ1) is 6.83. The van der Waals surface area contributed by atoms with Gasteiger partial charge in [0.05, 0.1) is 5.69 Å². The molecule has 82 valence electrons. The molecule has 1 aromatic rings. The lowest BCUT2D eigenvalue weighted by Crippen LogP contribution is -2.18. The number of nitrogen functional groups attached to an aromatic ring is 1. The minimum Gasteiger partial charge on any atom is -0.403 e. The molecule has 7 heteroatoms. The number of hydrogen-bond acceptors (Lipinski definition) is 3. The van der Waals surface area contributed by atoms with Crippen molar-refractivity contribution in [2.45, 2.75) is 6.36 Å². The molecule has 0 aliphatic carbocycles. The molecule has 0 saturated heterocycles. The van der Waals surface area contributed by atoms with E-state index in [2.05, 4.69) is 4.74 Å². The maximum absolute atomic E-state index is 12.7. The second-order valence-corrected chi connectivity index (χ2v) is 2.57. The molecule has 0 spiro atoms. The highest BCUT2D eigenvalue weighted by atomic mass is 19.4. The topological polar surface area (TPSA) is 52.3 Å². The number of halogens is 4. The highest BCUT2D eigenvalue weighted by Gasteiger charge is 2.32. The molecule has 0 atom stereocenters. The number of nitrogens with two attached hydrogens (primary N) is 1. The lowest BCUT2D eigenvalue weighted by atomic mass is 10.2. The Bertz CT molecular complexity index is 389. The molecule has 0 amide bonds. The van der Waals surface area contributed by atoms with Crippen molar-refractivity contribution < 1.29 is 27.1 Å². The fourth-order valence-corrected chi connectivity index (χ4v) is 0.920. The zero-order valence-corrected chi connectivity index (χ0v) is 7.14. The molecule has 0 saturated carbocycles. The number of hydrogen-bond donors (Lipinski definition) is 1. The lowest BCUT2D eigenvalue weighted by molar-refractivity contribution is -0.274. The molecule has 0 aromatic heterocycles. The van der Waals surface area contributed by atoms with Crippen LogP contribution in [0, 0.1) is 5.82 Å². The maximum atomic E-state index is 12.7. The van der Waals surface area contributed by atoms with Gasteiger partial charge in [-0.2, -0.15) is 0 Å². The number of ether oxygens (including phenoxy) is 1. The molecule has 3 nitrogen and oxygen atoms in total. The number of carbonyl (C=O) groups excluding carboxylic acids is 1. The molecule has 1 rings (SSSR count). The largest absolute Gasteiger partial charge is 0.573 e. The molecule has 0 bridgehead atoms. The minimum absolute atomic E-state index is 0.141. The van der Waals surface area contributed by atoms with Crippen molar-refractivity contribution in [3.63, 3.8) is 0 Å². The van der Waals surface area contributed by atoms with Crippen LogP contribution in [0.1, 0.15) is 10.4 Å². The number of rotatable bonds is 2. The average Bonchev–Trinajstić information content (AvgIpc) is 2.08. The normalized spacial score (nSPS) is 11.2. The highest BCUT2D eigenvalue weighted by molar-refractivity contribution is 5.85. The van der Waals surface area contributed by atoms with Crippen molar-refractivity contribution in [2.24, 2.45) is 0 Å². The van der Waals surface area contributed by atoms with Crippen LogP contribution < -0.4 is 10.5 Å². The van der Waals surface area contributed by atoms with Gasteiger partial charge in [0.15, 0.2) is 12.0 Å². The third-order valence-electron chi connectivity index (χ3n) is 1.49. The Hall–Kier alpha value is -1.79. The van der Waals surface area contributed by atoms with Gasteiger partial charge < -0.3 is 10.5 Å². The van der Waals surface area contributed by atoms with Crippen LogP contribution >= 0.6 is 0 Å². The van der Waals surface area contributed by atoms with E-state index >= 15 is 0 Å². The molecule has 2 N–H and O–H groups in total. The van der Waals surface area contributed by atoms with Gasteiger partial charge in [0.1, 0.15) is 5.82 Å². The molecule has 0 unspecified atom stereocenters. The molecule has 0 fully saturated rings. The Morgan fingerprint density at radius 2 is 1.93 bits per heavy atom. The monoisotopic (exact) mass is 223 g/mol. The quantitative estimate of drug-likeness (QED) is 0.474. The standard InChI is InChI=1S/C8H5F4NO2/c9-5-1-4(3-14)7(13)6(2-5)15-8(10,11)12/h1-3H,13H2. The van der Waals surface area contributed by atoms with Crippen molar-refractivity contribution in [1.82, 2.24) is 0 Å². The Balaban J connectivity index is 3.18. The lowest BCUT2D eigenvalue weighted by Gasteiger charge is -2.11. The van der Waals surface area contributed by atoms with E-state index in [4.69, 9.17) is 5.73 Å². The van der Waals surface area contributed by atoms with Crippen molar-refractivity contribution in [3.05, 3.63) is 23.5 Å². The van der Waals surface area contributed by atoms with Gasteiger partial charge in [-0.1, -0.05) is 0 Å². The first-order valence-electron chi connectivity index (χ1n) is 3.63. The zero-order chi connectivity index (χ0) is 11.6. The fraction of sp³-hybridized carbons (Fsp3) is 0.125. The minimum atomic E-state index is -4.98. The van der Waals surface area contributed by atoms with Gasteiger partial charge in [0.2, 0.25) is 0 Å². The molecular formula is C8H5F4NO2. The number of alkyl halides is 3. The molecule has 0 aliphatic heterocycles. The average molecular weight is 223 g/mol. The van der Waals surface area contributed by atoms with E-state index in [1.807, 2.05) is 0 Å². The molecule has 0 heterocycles. The van der Waals surface area contributed by atoms with Crippen molar-refractivity contribution in [3.8, 4) is 5.75 Å². The third-order valence-corrected chi connectivity index (χ3v) is 1.49.